The van der Waals surface area contributed by atoms with Crippen LogP contribution in [0.2, 0.25) is 0 Å². The number of nitrogens with zero attached hydrogens (tertiary/aromatic N) is 2. The fraction of sp³-hybridized carbons (Fsp3) is 0.381. The Labute approximate surface area is 149 Å². The molecule has 4 rings (SSSR count). The molecule has 0 radical (unpaired) electrons. The van der Waals surface area contributed by atoms with Gasteiger partial charge in [0.05, 0.1) is 12.1 Å². The average molecular weight is 335 g/mol. The minimum atomic E-state index is -0.275. The summed E-state index contributed by atoms with van der Waals surface area (Å²) < 4.78 is 6.00. The Bertz CT molecular complexity index is 830. The van der Waals surface area contributed by atoms with Crippen molar-refractivity contribution in [3.63, 3.8) is 0 Å². The van der Waals surface area contributed by atoms with E-state index in [1.165, 1.54) is 22.3 Å². The van der Waals surface area contributed by atoms with Crippen LogP contribution in [0.3, 0.4) is 0 Å². The van der Waals surface area contributed by atoms with Crippen LogP contribution in [0.4, 0.5) is 0 Å². The molecule has 4 nitrogen and oxygen atoms in total. The molecule has 2 aliphatic heterocycles. The van der Waals surface area contributed by atoms with Gasteiger partial charge in [-0.15, -0.1) is 0 Å². The molecule has 1 unspecified atom stereocenters. The first kappa shape index (κ1) is 16.0. The first-order valence-electron chi connectivity index (χ1n) is 8.99. The molecule has 0 amide bonds. The zero-order chi connectivity index (χ0) is 17.4. The third kappa shape index (κ3) is 2.86. The topological polar surface area (TPSA) is 50.8 Å². The Morgan fingerprint density at radius 2 is 2.04 bits per heavy atom. The molecule has 2 aromatic rings. The van der Waals surface area contributed by atoms with Crippen LogP contribution < -0.4 is 10.5 Å². The van der Waals surface area contributed by atoms with Gasteiger partial charge in [-0.3, -0.25) is 0 Å². The lowest BCUT2D eigenvalue weighted by molar-refractivity contribution is 0.289. The van der Waals surface area contributed by atoms with Crippen molar-refractivity contribution < 1.29 is 4.74 Å². The fourth-order valence-electron chi connectivity index (χ4n) is 3.74. The molecule has 0 fully saturated rings. The Morgan fingerprint density at radius 1 is 1.20 bits per heavy atom. The van der Waals surface area contributed by atoms with E-state index in [1.54, 1.807) is 0 Å². The molecule has 0 bridgehead atoms. The van der Waals surface area contributed by atoms with E-state index in [0.29, 0.717) is 5.96 Å². The number of nitrogens with two attached hydrogens (primary N) is 1. The van der Waals surface area contributed by atoms with Gasteiger partial charge in [0, 0.05) is 19.2 Å². The molecule has 0 saturated carbocycles. The highest BCUT2D eigenvalue weighted by Gasteiger charge is 2.31. The van der Waals surface area contributed by atoms with Crippen molar-refractivity contribution in [2.75, 3.05) is 20.2 Å². The number of guanidine groups is 1. The van der Waals surface area contributed by atoms with Gasteiger partial charge >= 0.3 is 0 Å². The summed E-state index contributed by atoms with van der Waals surface area (Å²) in [5, 5.41) is 0. The molecule has 130 valence electrons. The lowest BCUT2D eigenvalue weighted by atomic mass is 9.86. The number of hydrogen-bond donors (Lipinski definition) is 1. The number of para-hydroxylation sites is 1. The Kier molecular flexibility index (Phi) is 3.91. The Hall–Kier alpha value is -2.49. The van der Waals surface area contributed by atoms with Crippen LogP contribution in [0.1, 0.15) is 30.9 Å². The predicted molar refractivity (Wildman–Crippen MR) is 102 cm³/mol. The maximum atomic E-state index is 6.09. The summed E-state index contributed by atoms with van der Waals surface area (Å²) in [6.07, 6.45) is 3.14. The highest BCUT2D eigenvalue weighted by Crippen LogP contribution is 2.39. The number of benzene rings is 2. The second-order valence-electron chi connectivity index (χ2n) is 7.24. The molecule has 2 heterocycles. The van der Waals surface area contributed by atoms with E-state index >= 15 is 0 Å². The highest BCUT2D eigenvalue weighted by molar-refractivity contribution is 5.79. The van der Waals surface area contributed by atoms with Crippen molar-refractivity contribution in [1.82, 2.24) is 4.90 Å². The summed E-state index contributed by atoms with van der Waals surface area (Å²) in [4.78, 5) is 6.78. The van der Waals surface area contributed by atoms with E-state index in [9.17, 15) is 0 Å². The molecule has 0 spiro atoms. The molecular formula is C21H25N3O. The van der Waals surface area contributed by atoms with Crippen LogP contribution in [0, 0.1) is 0 Å². The fourth-order valence-corrected chi connectivity index (χ4v) is 3.74. The van der Waals surface area contributed by atoms with Crippen molar-refractivity contribution in [1.29, 1.82) is 0 Å². The summed E-state index contributed by atoms with van der Waals surface area (Å²) in [6, 6.07) is 15.1. The molecule has 4 heteroatoms. The molecule has 2 N–H and O–H groups in total. The Morgan fingerprint density at radius 3 is 2.88 bits per heavy atom. The number of aliphatic imine (C=N–C) groups is 1. The van der Waals surface area contributed by atoms with Crippen LogP contribution in [-0.4, -0.2) is 31.1 Å². The quantitative estimate of drug-likeness (QED) is 0.913. The van der Waals surface area contributed by atoms with Crippen molar-refractivity contribution >= 4 is 5.96 Å². The lowest BCUT2D eigenvalue weighted by Crippen LogP contribution is -2.43. The zero-order valence-corrected chi connectivity index (χ0v) is 15.0. The van der Waals surface area contributed by atoms with E-state index < -0.39 is 0 Å². The van der Waals surface area contributed by atoms with Crippen LogP contribution in [-0.2, 0) is 12.0 Å². The standard InChI is InChI=1S/C21H25N3O/c1-21(11-12-24(2)20(22)23-21)17-9-3-7-16(14-17)18-10-4-6-15-8-5-13-25-19(15)18/h3-4,6-7,9-10,14H,5,8,11-13H2,1-2H3,(H2,22,23). The predicted octanol–water partition coefficient (Wildman–Crippen LogP) is 3.54. The second kappa shape index (κ2) is 6.10. The molecule has 25 heavy (non-hydrogen) atoms. The van der Waals surface area contributed by atoms with Gasteiger partial charge in [0.1, 0.15) is 5.75 Å². The summed E-state index contributed by atoms with van der Waals surface area (Å²) in [7, 11) is 1.99. The molecule has 0 aromatic heterocycles. The Balaban J connectivity index is 1.77. The summed E-state index contributed by atoms with van der Waals surface area (Å²) in [6.45, 7) is 3.89. The first-order chi connectivity index (χ1) is 12.1. The second-order valence-corrected chi connectivity index (χ2v) is 7.24. The van der Waals surface area contributed by atoms with Crippen LogP contribution in [0.25, 0.3) is 11.1 Å². The van der Waals surface area contributed by atoms with E-state index in [0.717, 1.165) is 38.2 Å². The number of ether oxygens (including phenoxy) is 1. The minimum absolute atomic E-state index is 0.275. The van der Waals surface area contributed by atoms with Crippen molar-refractivity contribution in [3.8, 4) is 16.9 Å². The van der Waals surface area contributed by atoms with E-state index in [4.69, 9.17) is 15.5 Å². The largest absolute Gasteiger partial charge is 0.493 e. The van der Waals surface area contributed by atoms with E-state index in [1.807, 2.05) is 11.9 Å². The van der Waals surface area contributed by atoms with Gasteiger partial charge in [-0.2, -0.15) is 0 Å². The lowest BCUT2D eigenvalue weighted by Gasteiger charge is -2.35. The zero-order valence-electron chi connectivity index (χ0n) is 15.0. The third-order valence-corrected chi connectivity index (χ3v) is 5.42. The van der Waals surface area contributed by atoms with Gasteiger partial charge in [-0.1, -0.05) is 36.4 Å². The van der Waals surface area contributed by atoms with E-state index in [2.05, 4.69) is 49.4 Å². The average Bonchev–Trinajstić information content (AvgIpc) is 2.65. The first-order valence-corrected chi connectivity index (χ1v) is 8.99. The summed E-state index contributed by atoms with van der Waals surface area (Å²) in [5.74, 6) is 1.65. The van der Waals surface area contributed by atoms with Crippen LogP contribution >= 0.6 is 0 Å². The van der Waals surface area contributed by atoms with Crippen LogP contribution in [0.5, 0.6) is 5.75 Å². The number of hydrogen-bond acceptors (Lipinski definition) is 4. The minimum Gasteiger partial charge on any atom is -0.493 e. The van der Waals surface area contributed by atoms with Gasteiger partial charge in [-0.05, 0) is 48.9 Å². The summed E-state index contributed by atoms with van der Waals surface area (Å²) >= 11 is 0. The number of rotatable bonds is 2. The maximum absolute atomic E-state index is 6.09. The van der Waals surface area contributed by atoms with Gasteiger partial charge in [-0.25, -0.2) is 4.99 Å². The van der Waals surface area contributed by atoms with Gasteiger partial charge in [0.2, 0.25) is 0 Å². The maximum Gasteiger partial charge on any atom is 0.191 e. The molecule has 1 atom stereocenters. The van der Waals surface area contributed by atoms with E-state index in [-0.39, 0.29) is 5.54 Å². The van der Waals surface area contributed by atoms with Crippen molar-refractivity contribution in [2.24, 2.45) is 10.7 Å². The smallest absolute Gasteiger partial charge is 0.191 e. The molecule has 0 saturated heterocycles. The number of fused-ring (bicyclic) bond motifs is 1. The molecule has 0 aliphatic carbocycles. The third-order valence-electron chi connectivity index (χ3n) is 5.42. The van der Waals surface area contributed by atoms with Gasteiger partial charge < -0.3 is 15.4 Å². The monoisotopic (exact) mass is 335 g/mol. The molecular weight excluding hydrogens is 310 g/mol. The molecule has 2 aromatic carbocycles. The number of aryl methyl sites for hydroxylation is 1. The highest BCUT2D eigenvalue weighted by atomic mass is 16.5. The van der Waals surface area contributed by atoms with Gasteiger partial charge in [0.15, 0.2) is 5.96 Å². The summed E-state index contributed by atoms with van der Waals surface area (Å²) in [5.41, 5.74) is 10.7. The van der Waals surface area contributed by atoms with Crippen molar-refractivity contribution in [3.05, 3.63) is 53.6 Å². The van der Waals surface area contributed by atoms with Crippen LogP contribution in [0.15, 0.2) is 47.5 Å². The molecule has 2 aliphatic rings. The van der Waals surface area contributed by atoms with Crippen molar-refractivity contribution in [2.45, 2.75) is 31.7 Å². The van der Waals surface area contributed by atoms with Gasteiger partial charge in [0.25, 0.3) is 0 Å². The normalized spacial score (nSPS) is 22.8. The SMILES string of the molecule is CN1CCC(C)(c2cccc(-c3cccc4c3OCCC4)c2)N=C1N.